The molecule has 2 heterocycles. The zero-order chi connectivity index (χ0) is 13.5. The lowest BCUT2D eigenvalue weighted by atomic mass is 10.5. The fourth-order valence-electron chi connectivity index (χ4n) is 1.79. The molecule has 104 valence electrons. The van der Waals surface area contributed by atoms with Gasteiger partial charge in [0, 0.05) is 17.3 Å². The molecular weight excluding hydrogens is 294 g/mol. The van der Waals surface area contributed by atoms with Crippen LogP contribution in [0.15, 0.2) is 5.38 Å². The van der Waals surface area contributed by atoms with E-state index in [4.69, 9.17) is 0 Å². The summed E-state index contributed by atoms with van der Waals surface area (Å²) in [6.07, 6.45) is 4.75. The van der Waals surface area contributed by atoms with Crippen LogP contribution >= 0.6 is 22.7 Å². The van der Waals surface area contributed by atoms with Crippen molar-refractivity contribution in [2.75, 3.05) is 10.6 Å². The topological polar surface area (TPSA) is 79.8 Å². The third-order valence-corrected chi connectivity index (χ3v) is 5.00. The fourth-order valence-corrected chi connectivity index (χ4v) is 3.46. The highest BCUT2D eigenvalue weighted by Gasteiger charge is 2.28. The molecule has 2 aromatic heterocycles. The van der Waals surface area contributed by atoms with Gasteiger partial charge in [0.25, 0.3) is 5.91 Å². The van der Waals surface area contributed by atoms with Crippen LogP contribution in [0, 0.1) is 0 Å². The smallest absolute Gasteiger partial charge is 0.277 e. The Labute approximate surface area is 123 Å². The maximum atomic E-state index is 12.1. The van der Waals surface area contributed by atoms with Crippen molar-refractivity contribution >= 4 is 38.8 Å². The Bertz CT molecular complexity index is 644. The second-order valence-corrected chi connectivity index (χ2v) is 7.00. The number of hydrogen-bond donors (Lipinski definition) is 2. The van der Waals surface area contributed by atoms with E-state index in [9.17, 15) is 4.79 Å². The first-order chi connectivity index (χ1) is 9.78. The van der Waals surface area contributed by atoms with Crippen molar-refractivity contribution in [1.29, 1.82) is 0 Å². The van der Waals surface area contributed by atoms with Crippen molar-refractivity contribution in [3.8, 4) is 0 Å². The summed E-state index contributed by atoms with van der Waals surface area (Å²) >= 11 is 2.92. The minimum atomic E-state index is -0.219. The minimum absolute atomic E-state index is 0.219. The first kappa shape index (κ1) is 12.2. The SMILES string of the molecule is O=C(Nc1nnc(C2CC2)s1)c1csc(NC2CC2)n1. The van der Waals surface area contributed by atoms with Gasteiger partial charge in [0.2, 0.25) is 5.13 Å². The van der Waals surface area contributed by atoms with Crippen molar-refractivity contribution in [2.24, 2.45) is 0 Å². The number of rotatable bonds is 5. The number of amides is 1. The Hall–Kier alpha value is -1.54. The molecule has 2 fully saturated rings. The summed E-state index contributed by atoms with van der Waals surface area (Å²) < 4.78 is 0. The van der Waals surface area contributed by atoms with E-state index in [0.29, 0.717) is 22.8 Å². The average Bonchev–Trinajstić information content (AvgIpc) is 3.34. The summed E-state index contributed by atoms with van der Waals surface area (Å²) in [6.45, 7) is 0. The predicted octanol–water partition coefficient (Wildman–Crippen LogP) is 2.70. The third kappa shape index (κ3) is 2.66. The van der Waals surface area contributed by atoms with E-state index in [1.807, 2.05) is 0 Å². The molecule has 0 bridgehead atoms. The van der Waals surface area contributed by atoms with Crippen LogP contribution in [-0.2, 0) is 0 Å². The average molecular weight is 307 g/mol. The van der Waals surface area contributed by atoms with Crippen LogP contribution in [0.25, 0.3) is 0 Å². The second kappa shape index (κ2) is 4.78. The molecule has 4 rings (SSSR count). The van der Waals surface area contributed by atoms with Gasteiger partial charge in [0.15, 0.2) is 5.13 Å². The molecule has 2 N–H and O–H groups in total. The van der Waals surface area contributed by atoms with Crippen molar-refractivity contribution < 1.29 is 4.79 Å². The van der Waals surface area contributed by atoms with Crippen molar-refractivity contribution in [3.63, 3.8) is 0 Å². The predicted molar refractivity (Wildman–Crippen MR) is 78.6 cm³/mol. The van der Waals surface area contributed by atoms with Gasteiger partial charge < -0.3 is 5.32 Å². The highest BCUT2D eigenvalue weighted by molar-refractivity contribution is 7.15. The maximum Gasteiger partial charge on any atom is 0.277 e. The van der Waals surface area contributed by atoms with E-state index >= 15 is 0 Å². The van der Waals surface area contributed by atoms with Crippen LogP contribution < -0.4 is 10.6 Å². The first-order valence-electron chi connectivity index (χ1n) is 6.65. The lowest BCUT2D eigenvalue weighted by Crippen LogP contribution is -2.12. The monoisotopic (exact) mass is 307 g/mol. The van der Waals surface area contributed by atoms with E-state index in [1.54, 1.807) is 5.38 Å². The lowest BCUT2D eigenvalue weighted by Gasteiger charge is -1.98. The van der Waals surface area contributed by atoms with E-state index in [2.05, 4.69) is 25.8 Å². The zero-order valence-electron chi connectivity index (χ0n) is 10.6. The molecule has 6 nitrogen and oxygen atoms in total. The molecule has 0 radical (unpaired) electrons. The van der Waals surface area contributed by atoms with Crippen LogP contribution in [0.5, 0.6) is 0 Å². The number of nitrogens with one attached hydrogen (secondary N) is 2. The van der Waals surface area contributed by atoms with Crippen LogP contribution in [-0.4, -0.2) is 27.1 Å². The number of aromatic nitrogens is 3. The molecule has 0 atom stereocenters. The van der Waals surface area contributed by atoms with Crippen LogP contribution in [0.4, 0.5) is 10.3 Å². The summed E-state index contributed by atoms with van der Waals surface area (Å²) in [5.74, 6) is 0.343. The Morgan fingerprint density at radius 1 is 1.20 bits per heavy atom. The van der Waals surface area contributed by atoms with E-state index in [-0.39, 0.29) is 5.91 Å². The van der Waals surface area contributed by atoms with Crippen LogP contribution in [0.2, 0.25) is 0 Å². The molecule has 0 aliphatic heterocycles. The summed E-state index contributed by atoms with van der Waals surface area (Å²) in [5.41, 5.74) is 0.432. The molecule has 1 amide bonds. The Morgan fingerprint density at radius 3 is 2.80 bits per heavy atom. The fraction of sp³-hybridized carbons (Fsp3) is 0.500. The lowest BCUT2D eigenvalue weighted by molar-refractivity contribution is 0.102. The normalized spacial score (nSPS) is 18.0. The molecule has 20 heavy (non-hydrogen) atoms. The molecule has 0 spiro atoms. The van der Waals surface area contributed by atoms with Crippen LogP contribution in [0.3, 0.4) is 0 Å². The van der Waals surface area contributed by atoms with Crippen LogP contribution in [0.1, 0.15) is 47.1 Å². The molecule has 2 aliphatic rings. The minimum Gasteiger partial charge on any atom is -0.359 e. The maximum absolute atomic E-state index is 12.1. The van der Waals surface area contributed by atoms with Gasteiger partial charge in [-0.2, -0.15) is 0 Å². The van der Waals surface area contributed by atoms with Gasteiger partial charge in [-0.25, -0.2) is 4.98 Å². The number of nitrogens with zero attached hydrogens (tertiary/aromatic N) is 3. The Balaban J connectivity index is 1.41. The van der Waals surface area contributed by atoms with Crippen molar-refractivity contribution in [3.05, 3.63) is 16.1 Å². The van der Waals surface area contributed by atoms with Crippen molar-refractivity contribution in [1.82, 2.24) is 15.2 Å². The van der Waals surface area contributed by atoms with Gasteiger partial charge in [-0.15, -0.1) is 21.5 Å². The summed E-state index contributed by atoms with van der Waals surface area (Å²) in [6, 6.07) is 0.543. The molecule has 2 saturated carbocycles. The third-order valence-electron chi connectivity index (χ3n) is 3.23. The quantitative estimate of drug-likeness (QED) is 0.888. The first-order valence-corrected chi connectivity index (χ1v) is 8.34. The molecule has 0 aromatic carbocycles. The number of carbonyl (C=O) groups is 1. The highest BCUT2D eigenvalue weighted by atomic mass is 32.1. The van der Waals surface area contributed by atoms with Gasteiger partial charge in [-0.05, 0) is 25.7 Å². The molecule has 8 heteroatoms. The number of hydrogen-bond acceptors (Lipinski definition) is 7. The summed E-state index contributed by atoms with van der Waals surface area (Å²) in [5, 5.41) is 18.3. The van der Waals surface area contributed by atoms with E-state index < -0.39 is 0 Å². The Kier molecular flexibility index (Phi) is 2.92. The standard InChI is InChI=1S/C12H13N5OS2/c18-9(8-5-19-11(14-8)13-7-3-4-7)15-12-17-16-10(20-12)6-1-2-6/h5-7H,1-4H2,(H,13,14)(H,15,17,18). The number of carbonyl (C=O) groups excluding carboxylic acids is 1. The summed E-state index contributed by atoms with van der Waals surface area (Å²) in [7, 11) is 0. The van der Waals surface area contributed by atoms with Crippen molar-refractivity contribution in [2.45, 2.75) is 37.6 Å². The van der Waals surface area contributed by atoms with E-state index in [0.717, 1.165) is 10.1 Å². The molecular formula is C12H13N5OS2. The van der Waals surface area contributed by atoms with Gasteiger partial charge in [-0.3, -0.25) is 10.1 Å². The molecule has 2 aromatic rings. The van der Waals surface area contributed by atoms with Gasteiger partial charge in [-0.1, -0.05) is 11.3 Å². The second-order valence-electron chi connectivity index (χ2n) is 5.13. The molecule has 0 saturated heterocycles. The number of thiazole rings is 1. The zero-order valence-corrected chi connectivity index (χ0v) is 12.3. The molecule has 0 unspecified atom stereocenters. The number of anilines is 2. The summed E-state index contributed by atoms with van der Waals surface area (Å²) in [4.78, 5) is 16.4. The van der Waals surface area contributed by atoms with Gasteiger partial charge >= 0.3 is 0 Å². The largest absolute Gasteiger partial charge is 0.359 e. The van der Waals surface area contributed by atoms with Gasteiger partial charge in [0.1, 0.15) is 10.7 Å². The molecule has 2 aliphatic carbocycles. The van der Waals surface area contributed by atoms with Gasteiger partial charge in [0.05, 0.1) is 0 Å². The highest BCUT2D eigenvalue weighted by Crippen LogP contribution is 2.42. The Morgan fingerprint density at radius 2 is 2.05 bits per heavy atom. The van der Waals surface area contributed by atoms with E-state index in [1.165, 1.54) is 48.4 Å².